The van der Waals surface area contributed by atoms with Crippen molar-refractivity contribution in [2.75, 3.05) is 5.73 Å². The molecule has 0 spiro atoms. The molecule has 0 aliphatic rings. The van der Waals surface area contributed by atoms with Crippen LogP contribution >= 0.6 is 15.9 Å². The van der Waals surface area contributed by atoms with Crippen molar-refractivity contribution in [2.45, 2.75) is 0 Å². The molecule has 88 valence electrons. The summed E-state index contributed by atoms with van der Waals surface area (Å²) in [4.78, 5) is 17.1. The zero-order chi connectivity index (χ0) is 12.4. The van der Waals surface area contributed by atoms with Crippen molar-refractivity contribution in [1.82, 2.24) is 9.97 Å². The number of nitrogens with zero attached hydrogens (tertiary/aromatic N) is 1. The predicted octanol–water partition coefficient (Wildman–Crippen LogP) is 2.05. The van der Waals surface area contributed by atoms with E-state index in [0.717, 1.165) is 12.1 Å². The number of halogens is 2. The second-order valence-corrected chi connectivity index (χ2v) is 4.01. The molecule has 0 saturated carbocycles. The summed E-state index contributed by atoms with van der Waals surface area (Å²) in [5.74, 6) is -0.370. The van der Waals surface area contributed by atoms with Crippen LogP contribution in [0.5, 0.6) is 11.6 Å². The van der Waals surface area contributed by atoms with E-state index >= 15 is 0 Å². The zero-order valence-electron chi connectivity index (χ0n) is 8.41. The molecule has 1 aromatic heterocycles. The second kappa shape index (κ2) is 4.54. The lowest BCUT2D eigenvalue weighted by atomic mass is 10.3. The first kappa shape index (κ1) is 11.6. The molecular formula is C10H7BrFN3O2. The van der Waals surface area contributed by atoms with Gasteiger partial charge in [-0.3, -0.25) is 4.79 Å². The molecule has 17 heavy (non-hydrogen) atoms. The molecular weight excluding hydrogens is 293 g/mol. The first-order valence-corrected chi connectivity index (χ1v) is 5.32. The van der Waals surface area contributed by atoms with E-state index in [9.17, 15) is 9.18 Å². The maximum Gasteiger partial charge on any atom is 0.254 e. The van der Waals surface area contributed by atoms with E-state index in [2.05, 4.69) is 25.9 Å². The maximum absolute atomic E-state index is 13.3. The van der Waals surface area contributed by atoms with E-state index in [1.54, 1.807) is 0 Å². The van der Waals surface area contributed by atoms with Gasteiger partial charge in [0.1, 0.15) is 5.82 Å². The van der Waals surface area contributed by atoms with E-state index in [1.807, 2.05) is 0 Å². The molecule has 0 bridgehead atoms. The monoisotopic (exact) mass is 299 g/mol. The fourth-order valence-corrected chi connectivity index (χ4v) is 1.51. The van der Waals surface area contributed by atoms with Crippen molar-refractivity contribution >= 4 is 21.6 Å². The highest BCUT2D eigenvalue weighted by atomic mass is 79.9. The van der Waals surface area contributed by atoms with Crippen molar-refractivity contribution < 1.29 is 9.13 Å². The van der Waals surface area contributed by atoms with Gasteiger partial charge in [-0.15, -0.1) is 0 Å². The van der Waals surface area contributed by atoms with Crippen LogP contribution in [0.2, 0.25) is 0 Å². The number of ether oxygens (including phenoxy) is 1. The SMILES string of the molecule is Nc1cc(Br)c(F)cc1Oc1cc(=O)[nH]cn1. The predicted molar refractivity (Wildman–Crippen MR) is 63.4 cm³/mol. The van der Waals surface area contributed by atoms with Crippen LogP contribution in [0.25, 0.3) is 0 Å². The first-order valence-electron chi connectivity index (χ1n) is 4.53. The van der Waals surface area contributed by atoms with Gasteiger partial charge >= 0.3 is 0 Å². The van der Waals surface area contributed by atoms with Gasteiger partial charge in [-0.25, -0.2) is 9.37 Å². The molecule has 1 heterocycles. The Morgan fingerprint density at radius 1 is 1.41 bits per heavy atom. The van der Waals surface area contributed by atoms with Gasteiger partial charge < -0.3 is 15.5 Å². The van der Waals surface area contributed by atoms with Crippen LogP contribution < -0.4 is 16.0 Å². The minimum absolute atomic E-state index is 0.0437. The molecule has 0 aliphatic heterocycles. The number of aromatic amines is 1. The van der Waals surface area contributed by atoms with E-state index in [0.29, 0.717) is 0 Å². The molecule has 0 saturated heterocycles. The van der Waals surface area contributed by atoms with Gasteiger partial charge in [0.05, 0.1) is 22.6 Å². The number of hydrogen-bond donors (Lipinski definition) is 2. The van der Waals surface area contributed by atoms with Gasteiger partial charge in [-0.2, -0.15) is 0 Å². The molecule has 2 rings (SSSR count). The average molecular weight is 300 g/mol. The molecule has 2 aromatic rings. The summed E-state index contributed by atoms with van der Waals surface area (Å²) >= 11 is 3.00. The first-order chi connectivity index (χ1) is 8.06. The van der Waals surface area contributed by atoms with Gasteiger partial charge in [0.15, 0.2) is 5.75 Å². The summed E-state index contributed by atoms with van der Waals surface area (Å²) in [6, 6.07) is 3.62. The van der Waals surface area contributed by atoms with Crippen molar-refractivity contribution in [1.29, 1.82) is 0 Å². The number of nitrogen functional groups attached to an aromatic ring is 1. The summed E-state index contributed by atoms with van der Waals surface area (Å²) in [5.41, 5.74) is 5.51. The Morgan fingerprint density at radius 3 is 2.88 bits per heavy atom. The van der Waals surface area contributed by atoms with Gasteiger partial charge in [0, 0.05) is 6.07 Å². The maximum atomic E-state index is 13.3. The van der Waals surface area contributed by atoms with Gasteiger partial charge in [0.25, 0.3) is 5.56 Å². The van der Waals surface area contributed by atoms with Gasteiger partial charge in [-0.05, 0) is 22.0 Å². The third kappa shape index (κ3) is 2.62. The van der Waals surface area contributed by atoms with Crippen LogP contribution in [-0.2, 0) is 0 Å². The van der Waals surface area contributed by atoms with E-state index in [1.165, 1.54) is 12.4 Å². The highest BCUT2D eigenvalue weighted by Gasteiger charge is 2.08. The number of H-pyrrole nitrogens is 1. The van der Waals surface area contributed by atoms with Crippen LogP contribution in [-0.4, -0.2) is 9.97 Å². The fraction of sp³-hybridized carbons (Fsp3) is 0. The summed E-state index contributed by atoms with van der Waals surface area (Å²) in [6.07, 6.45) is 1.18. The number of hydrogen-bond acceptors (Lipinski definition) is 4. The summed E-state index contributed by atoms with van der Waals surface area (Å²) in [7, 11) is 0. The highest BCUT2D eigenvalue weighted by molar-refractivity contribution is 9.10. The molecule has 0 amide bonds. The molecule has 0 radical (unpaired) electrons. The number of benzene rings is 1. The van der Waals surface area contributed by atoms with E-state index < -0.39 is 5.82 Å². The topological polar surface area (TPSA) is 81.0 Å². The minimum Gasteiger partial charge on any atom is -0.436 e. The molecule has 0 unspecified atom stereocenters. The number of nitrogens with one attached hydrogen (secondary N) is 1. The lowest BCUT2D eigenvalue weighted by molar-refractivity contribution is 0.457. The Kier molecular flexibility index (Phi) is 3.10. The van der Waals surface area contributed by atoms with Crippen LogP contribution in [0.4, 0.5) is 10.1 Å². The third-order valence-electron chi connectivity index (χ3n) is 1.92. The van der Waals surface area contributed by atoms with Crippen molar-refractivity contribution in [2.24, 2.45) is 0 Å². The zero-order valence-corrected chi connectivity index (χ0v) is 9.99. The Balaban J connectivity index is 2.36. The smallest absolute Gasteiger partial charge is 0.254 e. The van der Waals surface area contributed by atoms with Gasteiger partial charge in [-0.1, -0.05) is 0 Å². The molecule has 1 aromatic carbocycles. The minimum atomic E-state index is -0.515. The van der Waals surface area contributed by atoms with Crippen LogP contribution in [0.1, 0.15) is 0 Å². The van der Waals surface area contributed by atoms with Crippen LogP contribution in [0.3, 0.4) is 0 Å². The largest absolute Gasteiger partial charge is 0.436 e. The molecule has 0 atom stereocenters. The normalized spacial score (nSPS) is 10.2. The quantitative estimate of drug-likeness (QED) is 0.832. The Morgan fingerprint density at radius 2 is 2.18 bits per heavy atom. The molecule has 0 fully saturated rings. The summed E-state index contributed by atoms with van der Waals surface area (Å²) in [6.45, 7) is 0. The summed E-state index contributed by atoms with van der Waals surface area (Å²) in [5, 5.41) is 0. The highest BCUT2D eigenvalue weighted by Crippen LogP contribution is 2.30. The lowest BCUT2D eigenvalue weighted by Crippen LogP contribution is -2.05. The number of nitrogens with two attached hydrogens (primary N) is 1. The fourth-order valence-electron chi connectivity index (χ4n) is 1.15. The van der Waals surface area contributed by atoms with Gasteiger partial charge in [0.2, 0.25) is 5.88 Å². The average Bonchev–Trinajstić information content (AvgIpc) is 2.26. The van der Waals surface area contributed by atoms with Crippen molar-refractivity contribution in [3.8, 4) is 11.6 Å². The van der Waals surface area contributed by atoms with E-state index in [-0.39, 0.29) is 27.3 Å². The van der Waals surface area contributed by atoms with Crippen molar-refractivity contribution in [3.05, 3.63) is 45.2 Å². The van der Waals surface area contributed by atoms with Crippen molar-refractivity contribution in [3.63, 3.8) is 0 Å². The third-order valence-corrected chi connectivity index (χ3v) is 2.53. The number of anilines is 1. The lowest BCUT2D eigenvalue weighted by Gasteiger charge is -2.07. The molecule has 5 nitrogen and oxygen atoms in total. The Bertz CT molecular complexity index is 615. The number of aromatic nitrogens is 2. The molecule has 0 aliphatic carbocycles. The van der Waals surface area contributed by atoms with Crippen LogP contribution in [0, 0.1) is 5.82 Å². The Hall–Kier alpha value is -1.89. The van der Waals surface area contributed by atoms with Crippen LogP contribution in [0.15, 0.2) is 33.8 Å². The van der Waals surface area contributed by atoms with E-state index in [4.69, 9.17) is 10.5 Å². The molecule has 7 heteroatoms. The summed E-state index contributed by atoms with van der Waals surface area (Å²) < 4.78 is 18.7. The second-order valence-electron chi connectivity index (χ2n) is 3.16. The molecule has 3 N–H and O–H groups in total. The number of rotatable bonds is 2. The standard InChI is InChI=1S/C10H7BrFN3O2/c11-5-1-7(13)8(2-6(5)12)17-10-3-9(16)14-4-15-10/h1-4H,13H2,(H,14,15,16). The Labute approximate surface area is 104 Å².